The Morgan fingerprint density at radius 1 is 1.17 bits per heavy atom. The molecule has 0 unspecified atom stereocenters. The normalized spacial score (nSPS) is 10.1. The Morgan fingerprint density at radius 2 is 1.83 bits per heavy atom. The van der Waals surface area contributed by atoms with Crippen molar-refractivity contribution in [2.45, 2.75) is 0 Å². The van der Waals surface area contributed by atoms with Gasteiger partial charge in [-0.3, -0.25) is 4.79 Å². The zero-order chi connectivity index (χ0) is 13.1. The largest absolute Gasteiger partial charge is 0.398 e. The maximum absolute atomic E-state index is 12.3. The smallest absolute Gasteiger partial charge is 0.260 e. The van der Waals surface area contributed by atoms with E-state index in [2.05, 4.69) is 15.9 Å². The molecule has 0 aliphatic rings. The second-order valence-electron chi connectivity index (χ2n) is 3.93. The van der Waals surface area contributed by atoms with E-state index in [9.17, 15) is 4.79 Å². The molecule has 0 bridgehead atoms. The standard InChI is InChI=1S/C14H13BrN2O/c1-17(11-5-3-2-4-6-11)14(18)12-9-10(15)7-8-13(12)16/h2-9H,16H2,1H3. The van der Waals surface area contributed by atoms with E-state index >= 15 is 0 Å². The van der Waals surface area contributed by atoms with Crippen LogP contribution >= 0.6 is 15.9 Å². The summed E-state index contributed by atoms with van der Waals surface area (Å²) in [5.74, 6) is -0.125. The van der Waals surface area contributed by atoms with Crippen molar-refractivity contribution in [2.24, 2.45) is 0 Å². The third kappa shape index (κ3) is 2.54. The van der Waals surface area contributed by atoms with Gasteiger partial charge < -0.3 is 10.6 Å². The van der Waals surface area contributed by atoms with Crippen LogP contribution in [0.5, 0.6) is 0 Å². The SMILES string of the molecule is CN(C(=O)c1cc(Br)ccc1N)c1ccccc1. The molecule has 2 N–H and O–H groups in total. The zero-order valence-corrected chi connectivity index (χ0v) is 11.5. The second kappa shape index (κ2) is 5.23. The van der Waals surface area contributed by atoms with Gasteiger partial charge in [0.15, 0.2) is 0 Å². The summed E-state index contributed by atoms with van der Waals surface area (Å²) in [5.41, 5.74) is 7.65. The molecule has 0 saturated carbocycles. The number of para-hydroxylation sites is 1. The molecule has 0 heterocycles. The predicted octanol–water partition coefficient (Wildman–Crippen LogP) is 3.31. The van der Waals surface area contributed by atoms with Crippen molar-refractivity contribution in [3.05, 3.63) is 58.6 Å². The van der Waals surface area contributed by atoms with Gasteiger partial charge in [0.05, 0.1) is 5.56 Å². The van der Waals surface area contributed by atoms with Crippen LogP contribution in [0, 0.1) is 0 Å². The number of hydrogen-bond acceptors (Lipinski definition) is 2. The summed E-state index contributed by atoms with van der Waals surface area (Å²) in [6.07, 6.45) is 0. The monoisotopic (exact) mass is 304 g/mol. The van der Waals surface area contributed by atoms with Gasteiger partial charge in [-0.25, -0.2) is 0 Å². The van der Waals surface area contributed by atoms with Crippen LogP contribution in [0.1, 0.15) is 10.4 Å². The van der Waals surface area contributed by atoms with Gasteiger partial charge in [0, 0.05) is 22.9 Å². The summed E-state index contributed by atoms with van der Waals surface area (Å²) >= 11 is 3.34. The van der Waals surface area contributed by atoms with Crippen molar-refractivity contribution < 1.29 is 4.79 Å². The number of anilines is 2. The number of nitrogen functional groups attached to an aromatic ring is 1. The molecular formula is C14H13BrN2O. The molecule has 1 amide bonds. The van der Waals surface area contributed by atoms with E-state index in [0.717, 1.165) is 10.2 Å². The van der Waals surface area contributed by atoms with Gasteiger partial charge in [0.25, 0.3) is 5.91 Å². The number of carbonyl (C=O) groups is 1. The minimum absolute atomic E-state index is 0.125. The summed E-state index contributed by atoms with van der Waals surface area (Å²) < 4.78 is 0.835. The average Bonchev–Trinajstić information content (AvgIpc) is 2.41. The van der Waals surface area contributed by atoms with Crippen LogP contribution in [0.25, 0.3) is 0 Å². The summed E-state index contributed by atoms with van der Waals surface area (Å²) in [7, 11) is 1.73. The Morgan fingerprint density at radius 3 is 2.50 bits per heavy atom. The maximum Gasteiger partial charge on any atom is 0.260 e. The molecule has 92 valence electrons. The molecule has 4 heteroatoms. The number of nitrogens with zero attached hydrogens (tertiary/aromatic N) is 1. The number of carbonyl (C=O) groups excluding carboxylic acids is 1. The zero-order valence-electron chi connectivity index (χ0n) is 9.93. The lowest BCUT2D eigenvalue weighted by atomic mass is 10.1. The van der Waals surface area contributed by atoms with Gasteiger partial charge in [-0.2, -0.15) is 0 Å². The van der Waals surface area contributed by atoms with Crippen LogP contribution in [-0.4, -0.2) is 13.0 Å². The molecule has 0 radical (unpaired) electrons. The highest BCUT2D eigenvalue weighted by Gasteiger charge is 2.16. The first-order valence-electron chi connectivity index (χ1n) is 5.47. The molecule has 2 aromatic carbocycles. The lowest BCUT2D eigenvalue weighted by Crippen LogP contribution is -2.26. The topological polar surface area (TPSA) is 46.3 Å². The van der Waals surface area contributed by atoms with Crippen molar-refractivity contribution in [1.29, 1.82) is 0 Å². The van der Waals surface area contributed by atoms with E-state index in [0.29, 0.717) is 11.3 Å². The predicted molar refractivity (Wildman–Crippen MR) is 77.7 cm³/mol. The van der Waals surface area contributed by atoms with E-state index in [1.807, 2.05) is 36.4 Å². The summed E-state index contributed by atoms with van der Waals surface area (Å²) in [4.78, 5) is 13.9. The highest BCUT2D eigenvalue weighted by molar-refractivity contribution is 9.10. The van der Waals surface area contributed by atoms with Crippen molar-refractivity contribution in [3.8, 4) is 0 Å². The first kappa shape index (κ1) is 12.6. The third-order valence-corrected chi connectivity index (χ3v) is 3.19. The van der Waals surface area contributed by atoms with Gasteiger partial charge in [-0.15, -0.1) is 0 Å². The second-order valence-corrected chi connectivity index (χ2v) is 4.85. The fourth-order valence-electron chi connectivity index (χ4n) is 1.66. The molecular weight excluding hydrogens is 292 g/mol. The highest BCUT2D eigenvalue weighted by atomic mass is 79.9. The fraction of sp³-hybridized carbons (Fsp3) is 0.0714. The number of hydrogen-bond donors (Lipinski definition) is 1. The number of halogens is 1. The van der Waals surface area contributed by atoms with Crippen LogP contribution in [0.15, 0.2) is 53.0 Å². The molecule has 0 saturated heterocycles. The number of amides is 1. The van der Waals surface area contributed by atoms with Crippen molar-refractivity contribution >= 4 is 33.2 Å². The Labute approximate surface area is 114 Å². The minimum atomic E-state index is -0.125. The van der Waals surface area contributed by atoms with Gasteiger partial charge in [-0.05, 0) is 30.3 Å². The lowest BCUT2D eigenvalue weighted by Gasteiger charge is -2.18. The first-order valence-corrected chi connectivity index (χ1v) is 6.27. The molecule has 0 aliphatic carbocycles. The Hall–Kier alpha value is -1.81. The van der Waals surface area contributed by atoms with Crippen molar-refractivity contribution in [1.82, 2.24) is 0 Å². The average molecular weight is 305 g/mol. The fourth-order valence-corrected chi connectivity index (χ4v) is 2.02. The van der Waals surface area contributed by atoms with E-state index in [4.69, 9.17) is 5.73 Å². The Kier molecular flexibility index (Phi) is 3.67. The van der Waals surface area contributed by atoms with Crippen LogP contribution in [-0.2, 0) is 0 Å². The quantitative estimate of drug-likeness (QED) is 0.865. The molecule has 0 aliphatic heterocycles. The first-order chi connectivity index (χ1) is 8.59. The number of rotatable bonds is 2. The van der Waals surface area contributed by atoms with Gasteiger partial charge in [0.2, 0.25) is 0 Å². The van der Waals surface area contributed by atoms with Crippen molar-refractivity contribution in [2.75, 3.05) is 17.7 Å². The van der Waals surface area contributed by atoms with Crippen LogP contribution < -0.4 is 10.6 Å². The van der Waals surface area contributed by atoms with Crippen LogP contribution in [0.4, 0.5) is 11.4 Å². The molecule has 3 nitrogen and oxygen atoms in total. The molecule has 2 aromatic rings. The van der Waals surface area contributed by atoms with E-state index in [-0.39, 0.29) is 5.91 Å². The molecule has 0 spiro atoms. The minimum Gasteiger partial charge on any atom is -0.398 e. The highest BCUT2D eigenvalue weighted by Crippen LogP contribution is 2.22. The Balaban J connectivity index is 2.34. The van der Waals surface area contributed by atoms with Crippen LogP contribution in [0.3, 0.4) is 0 Å². The molecule has 0 aromatic heterocycles. The molecule has 0 fully saturated rings. The number of nitrogens with two attached hydrogens (primary N) is 1. The summed E-state index contributed by atoms with van der Waals surface area (Å²) in [6, 6.07) is 14.7. The molecule has 18 heavy (non-hydrogen) atoms. The molecule has 0 atom stereocenters. The third-order valence-electron chi connectivity index (χ3n) is 2.69. The van der Waals surface area contributed by atoms with Gasteiger partial charge >= 0.3 is 0 Å². The van der Waals surface area contributed by atoms with Crippen molar-refractivity contribution in [3.63, 3.8) is 0 Å². The summed E-state index contributed by atoms with van der Waals surface area (Å²) in [5, 5.41) is 0. The lowest BCUT2D eigenvalue weighted by molar-refractivity contribution is 0.0994. The number of benzene rings is 2. The van der Waals surface area contributed by atoms with E-state index in [1.54, 1.807) is 24.1 Å². The Bertz CT molecular complexity index is 569. The maximum atomic E-state index is 12.3. The summed E-state index contributed by atoms with van der Waals surface area (Å²) in [6.45, 7) is 0. The van der Waals surface area contributed by atoms with Gasteiger partial charge in [-0.1, -0.05) is 34.1 Å². The van der Waals surface area contributed by atoms with E-state index in [1.165, 1.54) is 0 Å². The van der Waals surface area contributed by atoms with Crippen LogP contribution in [0.2, 0.25) is 0 Å². The molecule has 2 rings (SSSR count). The van der Waals surface area contributed by atoms with Gasteiger partial charge in [0.1, 0.15) is 0 Å². The van der Waals surface area contributed by atoms with E-state index < -0.39 is 0 Å².